The molecule has 0 radical (unpaired) electrons. The highest BCUT2D eigenvalue weighted by atomic mass is 16.6. The van der Waals surface area contributed by atoms with Crippen molar-refractivity contribution < 1.29 is 76.7 Å². The van der Waals surface area contributed by atoms with Crippen molar-refractivity contribution in [3.8, 4) is 11.1 Å². The van der Waals surface area contributed by atoms with Crippen molar-refractivity contribution in [2.45, 2.75) is 179 Å². The Balaban J connectivity index is 0.826. The first-order valence-corrected chi connectivity index (χ1v) is 32.6. The maximum atomic E-state index is 14.6. The number of nitrogens with two attached hydrogens (primary N) is 2. The summed E-state index contributed by atoms with van der Waals surface area (Å²) in [5.41, 5.74) is 16.6. The van der Waals surface area contributed by atoms with Crippen LogP contribution in [0.3, 0.4) is 0 Å². The number of amides is 10. The van der Waals surface area contributed by atoms with Crippen molar-refractivity contribution in [3.63, 3.8) is 0 Å². The number of carbonyl (C=O) groups excluding carboxylic acids is 9. The number of anilines is 1. The highest BCUT2D eigenvalue weighted by Crippen LogP contribution is 2.45. The highest BCUT2D eigenvalue weighted by molar-refractivity contribution is 6.04. The number of hydrogen-bond acceptors (Lipinski definition) is 16. The van der Waals surface area contributed by atoms with E-state index in [0.717, 1.165) is 27.8 Å². The average molecular weight is 1320 g/mol. The molecule has 3 aliphatic heterocycles. The fourth-order valence-corrected chi connectivity index (χ4v) is 12.0. The number of primary amides is 2. The number of nitrogens with one attached hydrogen (secondary N) is 7. The molecule has 1 spiro atoms. The van der Waals surface area contributed by atoms with Crippen molar-refractivity contribution in [3.05, 3.63) is 125 Å². The van der Waals surface area contributed by atoms with Crippen molar-refractivity contribution in [1.82, 2.24) is 37.2 Å². The Bertz CT molecular complexity index is 3200. The largest absolute Gasteiger partial charge is 0.459 e. The predicted molar refractivity (Wildman–Crippen MR) is 353 cm³/mol. The second kappa shape index (κ2) is 35.6. The van der Waals surface area contributed by atoms with Gasteiger partial charge in [-0.2, -0.15) is 0 Å². The Hall–Kier alpha value is -8.85. The number of benzene rings is 3. The monoisotopic (exact) mass is 1320 g/mol. The first kappa shape index (κ1) is 73.6. The second-order valence-electron chi connectivity index (χ2n) is 25.0. The number of unbranched alkanes of at least 4 members (excludes halogenated alkanes) is 2. The van der Waals surface area contributed by atoms with E-state index in [1.807, 2.05) is 50.3 Å². The molecule has 1 aliphatic carbocycles. The Labute approximate surface area is 554 Å². The summed E-state index contributed by atoms with van der Waals surface area (Å²) in [6.07, 6.45) is 7.75. The maximum absolute atomic E-state index is 14.6. The minimum Gasteiger partial charge on any atom is -0.459 e. The molecule has 7 rings (SSSR count). The average Bonchev–Trinajstić information content (AvgIpc) is 1.63. The quantitative estimate of drug-likeness (QED) is 0.00648. The minimum atomic E-state index is -1.22. The van der Waals surface area contributed by atoms with Crippen LogP contribution in [0.25, 0.3) is 11.1 Å². The molecular weight excluding hydrogens is 1220 g/mol. The fraction of sp³-hybridized carbons (Fsp3) is 0.522. The first-order valence-electron chi connectivity index (χ1n) is 32.6. The number of carbonyl (C=O) groups is 9. The van der Waals surface area contributed by atoms with Gasteiger partial charge in [0.05, 0.1) is 37.6 Å². The number of allylic oxidation sites excluding steroid dienone is 2. The van der Waals surface area contributed by atoms with E-state index in [9.17, 15) is 48.3 Å². The van der Waals surface area contributed by atoms with Gasteiger partial charge < -0.3 is 82.2 Å². The smallest absolute Gasteiger partial charge is 0.408 e. The molecule has 0 saturated carbocycles. The van der Waals surface area contributed by atoms with E-state index in [2.05, 4.69) is 68.4 Å². The third-order valence-corrected chi connectivity index (χ3v) is 17.3. The summed E-state index contributed by atoms with van der Waals surface area (Å²) < 4.78 is 34.4. The third-order valence-electron chi connectivity index (χ3n) is 17.3. The molecular formula is C69H94N10O16. The van der Waals surface area contributed by atoms with E-state index < -0.39 is 96.0 Å². The zero-order chi connectivity index (χ0) is 68.8. The molecule has 3 aromatic rings. The van der Waals surface area contributed by atoms with Crippen LogP contribution in [0, 0.1) is 11.8 Å². The van der Waals surface area contributed by atoms with Gasteiger partial charge in [-0.3, -0.25) is 28.9 Å². The number of rotatable bonds is 32. The van der Waals surface area contributed by atoms with E-state index in [0.29, 0.717) is 57.2 Å². The molecule has 3 heterocycles. The number of ether oxygens (including phenoxy) is 6. The number of aliphatic hydroxyl groups excluding tert-OH is 1. The SMILES string of the molecule is CC(=O)O[C@@H](C)/C=C\C(=O)N[C@@H]1C[C@H](C)[C@H](C/C=C(C)/C=C/[C@H]2O[C@H](CNC(=O)NCNC(=O)OCc3ccc(N(C(=O)[C@@H](NC(=O)CCCCCNC(=O)OCC4c5ccccc5-c5ccccc54)C(C)C)[C@@H](CCCNC(N)=O)C(N)=O)cc3)C[C@@]3(CO3)[C@@H]2O)O[C@@H]1C. The molecule has 95 heavy (non-hydrogen) atoms. The molecule has 12 N–H and O–H groups in total. The molecule has 3 fully saturated rings. The predicted octanol–water partition coefficient (Wildman–Crippen LogP) is 6.03. The molecule has 11 atom stereocenters. The van der Waals surface area contributed by atoms with Crippen LogP contribution in [0.2, 0.25) is 0 Å². The van der Waals surface area contributed by atoms with Crippen molar-refractivity contribution >= 4 is 59.5 Å². The Morgan fingerprint density at radius 1 is 0.789 bits per heavy atom. The van der Waals surface area contributed by atoms with E-state index in [1.165, 1.54) is 24.0 Å². The van der Waals surface area contributed by atoms with Gasteiger partial charge in [0.25, 0.3) is 5.91 Å². The lowest BCUT2D eigenvalue weighted by molar-refractivity contribution is -0.143. The number of nitrogens with zero attached hydrogens (tertiary/aromatic N) is 1. The van der Waals surface area contributed by atoms with E-state index >= 15 is 0 Å². The van der Waals surface area contributed by atoms with Gasteiger partial charge in [0.15, 0.2) is 0 Å². The van der Waals surface area contributed by atoms with Crippen LogP contribution in [0.1, 0.15) is 129 Å². The van der Waals surface area contributed by atoms with Gasteiger partial charge in [-0.25, -0.2) is 19.2 Å². The summed E-state index contributed by atoms with van der Waals surface area (Å²) in [6, 6.07) is 18.6. The van der Waals surface area contributed by atoms with Crippen LogP contribution in [0.15, 0.2) is 109 Å². The Kier molecular flexibility index (Phi) is 27.6. The number of hydrogen-bond donors (Lipinski definition) is 10. The van der Waals surface area contributed by atoms with Gasteiger partial charge in [-0.1, -0.05) is 112 Å². The van der Waals surface area contributed by atoms with Gasteiger partial charge >= 0.3 is 30.2 Å². The third kappa shape index (κ3) is 22.1. The van der Waals surface area contributed by atoms with Gasteiger partial charge in [0.2, 0.25) is 17.7 Å². The number of fused-ring (bicyclic) bond motifs is 3. The molecule has 0 unspecified atom stereocenters. The normalized spacial score (nSPS) is 22.3. The summed E-state index contributed by atoms with van der Waals surface area (Å²) in [6.45, 7) is 12.9. The van der Waals surface area contributed by atoms with Crippen molar-refractivity contribution in [1.29, 1.82) is 0 Å². The Morgan fingerprint density at radius 2 is 1.46 bits per heavy atom. The van der Waals surface area contributed by atoms with E-state index in [4.69, 9.17) is 39.9 Å². The number of alkyl carbamates (subject to hydrolysis) is 2. The molecule has 26 heteroatoms. The summed E-state index contributed by atoms with van der Waals surface area (Å²) in [4.78, 5) is 116. The minimum absolute atomic E-state index is 0.0287. The zero-order valence-corrected chi connectivity index (χ0v) is 55.2. The zero-order valence-electron chi connectivity index (χ0n) is 55.2. The number of aliphatic hydroxyl groups is 1. The van der Waals surface area contributed by atoms with Crippen LogP contribution in [0.4, 0.5) is 24.9 Å². The first-order chi connectivity index (χ1) is 45.4. The summed E-state index contributed by atoms with van der Waals surface area (Å²) in [7, 11) is 0. The molecule has 4 aliphatic rings. The number of esters is 1. The molecule has 0 bridgehead atoms. The molecule has 516 valence electrons. The second-order valence-corrected chi connectivity index (χ2v) is 25.0. The molecule has 0 aromatic heterocycles. The fourth-order valence-electron chi connectivity index (χ4n) is 12.0. The van der Waals surface area contributed by atoms with Crippen LogP contribution >= 0.6 is 0 Å². The standard InChI is InChI=1S/C69H94N10O16/c1-41(2)61(78-59(81)21-9-8-14-32-73-67(88)91-38-54-52-18-12-10-16-50(52)51-17-11-13-19-53(51)54)64(85)79(56(63(70)84)20-15-33-72-65(71)86)48-27-25-47(26-28-48)37-90-68(89)76-40-75-66(87)74-36-49-35-69(39-92-69)62(83)58(95-49)30-23-42(3)22-29-57-43(4)34-55(45(6)94-57)77-60(82)31-24-44(5)93-46(7)80/h10-13,16-19,22-28,30-31,41,43-45,49,54-58,61-62,83H,8-9,14-15,20-21,29,32-40H2,1-7H3,(H2,70,84)(H,73,88)(H,76,89)(H,77,82)(H,78,81)(H3,71,72,86)(H2,74,75,87)/b30-23+,31-24-,42-22+/t43-,44-,45+,49-,55+,56-,57-,58+,61-,62+,69+/m0/s1. The molecule has 3 saturated heterocycles. The van der Waals surface area contributed by atoms with Gasteiger partial charge in [-0.05, 0) is 117 Å². The molecule has 10 amide bonds. The van der Waals surface area contributed by atoms with Crippen LogP contribution in [-0.2, 0) is 59.0 Å². The highest BCUT2D eigenvalue weighted by Gasteiger charge is 2.58. The lowest BCUT2D eigenvalue weighted by Gasteiger charge is -2.39. The molecule has 26 nitrogen and oxygen atoms in total. The summed E-state index contributed by atoms with van der Waals surface area (Å²) >= 11 is 0. The van der Waals surface area contributed by atoms with Crippen LogP contribution in [0.5, 0.6) is 0 Å². The topological polar surface area (TPSA) is 372 Å². The lowest BCUT2D eigenvalue weighted by atomic mass is 9.87. The van der Waals surface area contributed by atoms with Gasteiger partial charge in [-0.15, -0.1) is 0 Å². The maximum Gasteiger partial charge on any atom is 0.408 e. The summed E-state index contributed by atoms with van der Waals surface area (Å²) in [5, 5.41) is 30.1. The summed E-state index contributed by atoms with van der Waals surface area (Å²) in [5.74, 6) is -2.93. The van der Waals surface area contributed by atoms with Gasteiger partial charge in [0, 0.05) is 57.1 Å². The van der Waals surface area contributed by atoms with Crippen molar-refractivity contribution in [2.24, 2.45) is 23.3 Å². The Morgan fingerprint density at radius 3 is 2.12 bits per heavy atom. The number of urea groups is 2. The molecule has 3 aromatic carbocycles. The van der Waals surface area contributed by atoms with Crippen LogP contribution < -0.4 is 53.6 Å². The van der Waals surface area contributed by atoms with E-state index in [-0.39, 0.29) is 93.9 Å². The van der Waals surface area contributed by atoms with E-state index in [1.54, 1.807) is 51.1 Å². The number of epoxide rings is 1. The van der Waals surface area contributed by atoms with Crippen LogP contribution in [-0.4, -0.2) is 159 Å². The van der Waals surface area contributed by atoms with Gasteiger partial charge in [0.1, 0.15) is 49.2 Å². The van der Waals surface area contributed by atoms with Crippen molar-refractivity contribution in [2.75, 3.05) is 44.4 Å². The lowest BCUT2D eigenvalue weighted by Crippen LogP contribution is -2.57.